The van der Waals surface area contributed by atoms with E-state index in [2.05, 4.69) is 23.1 Å². The fraction of sp³-hybridized carbons (Fsp3) is 0.219. The first-order valence-electron chi connectivity index (χ1n) is 13.4. The molecule has 0 spiro atoms. The van der Waals surface area contributed by atoms with Crippen LogP contribution in [-0.4, -0.2) is 42.6 Å². The molecule has 0 aliphatic heterocycles. The van der Waals surface area contributed by atoms with E-state index in [1.165, 1.54) is 13.2 Å². The number of pyridine rings is 1. The maximum Gasteiger partial charge on any atom is 0.264 e. The van der Waals surface area contributed by atoms with Crippen LogP contribution in [0.3, 0.4) is 0 Å². The number of imidazole rings is 1. The van der Waals surface area contributed by atoms with Crippen molar-refractivity contribution in [2.75, 3.05) is 13.7 Å². The van der Waals surface area contributed by atoms with Crippen molar-refractivity contribution in [3.8, 4) is 22.3 Å². The summed E-state index contributed by atoms with van der Waals surface area (Å²) in [4.78, 5) is 21.7. The Hall–Kier alpha value is -4.34. The van der Waals surface area contributed by atoms with Crippen LogP contribution >= 0.6 is 0 Å². The van der Waals surface area contributed by atoms with Crippen molar-refractivity contribution in [2.45, 2.75) is 38.6 Å². The average Bonchev–Trinajstić information content (AvgIpc) is 3.31. The summed E-state index contributed by atoms with van der Waals surface area (Å²) in [6.07, 6.45) is 0.773. The molecule has 0 bridgehead atoms. The van der Waals surface area contributed by atoms with E-state index in [0.29, 0.717) is 17.7 Å². The summed E-state index contributed by atoms with van der Waals surface area (Å²) in [5, 5.41) is 0. The van der Waals surface area contributed by atoms with Crippen molar-refractivity contribution in [2.24, 2.45) is 0 Å². The topological polar surface area (TPSA) is 103 Å². The number of carbonyl (C=O) groups excluding carboxylic acids is 1. The van der Waals surface area contributed by atoms with Crippen LogP contribution < -0.4 is 4.72 Å². The van der Waals surface area contributed by atoms with Crippen LogP contribution in [0.15, 0.2) is 83.8 Å². The summed E-state index contributed by atoms with van der Waals surface area (Å²) in [5.41, 5.74) is 7.86. The summed E-state index contributed by atoms with van der Waals surface area (Å²) < 4.78 is 35.6. The van der Waals surface area contributed by atoms with E-state index >= 15 is 0 Å². The van der Waals surface area contributed by atoms with Crippen LogP contribution in [0, 0.1) is 13.8 Å². The van der Waals surface area contributed by atoms with Gasteiger partial charge >= 0.3 is 0 Å². The molecule has 2 heterocycles. The van der Waals surface area contributed by atoms with E-state index < -0.39 is 15.9 Å². The maximum atomic E-state index is 13.3. The molecule has 0 atom stereocenters. The highest BCUT2D eigenvalue weighted by atomic mass is 32.2. The van der Waals surface area contributed by atoms with Crippen molar-refractivity contribution in [3.05, 3.63) is 102 Å². The fourth-order valence-corrected chi connectivity index (χ4v) is 6.20. The number of nitrogens with one attached hydrogen (secondary N) is 1. The molecule has 0 unspecified atom stereocenters. The fourth-order valence-electron chi connectivity index (χ4n) is 5.02. The van der Waals surface area contributed by atoms with E-state index in [1.54, 1.807) is 6.07 Å². The van der Waals surface area contributed by atoms with E-state index in [4.69, 9.17) is 14.7 Å². The Morgan fingerprint density at radius 3 is 2.29 bits per heavy atom. The number of carbonyl (C=O) groups is 1. The minimum atomic E-state index is -4.15. The van der Waals surface area contributed by atoms with Gasteiger partial charge < -0.3 is 9.30 Å². The predicted molar refractivity (Wildman–Crippen MR) is 160 cm³/mol. The first-order valence-corrected chi connectivity index (χ1v) is 14.8. The standard InChI is InChI=1S/C32H32N4O4S/c1-5-29-34-31-21(2)17-22(3)33-32(31)36(29)19-23-11-13-25(14-12-23)27-18-26(24-9-7-6-8-10-24)15-16-28(27)41(38,39)35-30(37)20-40-4/h6-18H,5,19-20H2,1-4H3,(H,35,37). The number of amides is 1. The van der Waals surface area contributed by atoms with Gasteiger partial charge in [0.15, 0.2) is 5.65 Å². The summed E-state index contributed by atoms with van der Waals surface area (Å²) in [7, 11) is -2.82. The lowest BCUT2D eigenvalue weighted by molar-refractivity contribution is -0.122. The molecule has 9 heteroatoms. The molecule has 0 fully saturated rings. The monoisotopic (exact) mass is 568 g/mol. The molecule has 3 aromatic carbocycles. The van der Waals surface area contributed by atoms with Crippen LogP contribution in [0.1, 0.15) is 29.6 Å². The van der Waals surface area contributed by atoms with Crippen molar-refractivity contribution in [1.29, 1.82) is 0 Å². The zero-order valence-corrected chi connectivity index (χ0v) is 24.3. The molecule has 5 aromatic rings. The quantitative estimate of drug-likeness (QED) is 0.254. The number of benzene rings is 3. The van der Waals surface area contributed by atoms with Crippen LogP contribution in [0.4, 0.5) is 0 Å². The molecule has 0 radical (unpaired) electrons. The minimum Gasteiger partial charge on any atom is -0.375 e. The lowest BCUT2D eigenvalue weighted by Gasteiger charge is -2.15. The van der Waals surface area contributed by atoms with Gasteiger partial charge in [0, 0.05) is 24.8 Å². The van der Waals surface area contributed by atoms with Gasteiger partial charge in [-0.05, 0) is 59.9 Å². The number of aromatic nitrogens is 3. The molecule has 210 valence electrons. The number of rotatable bonds is 9. The molecule has 1 N–H and O–H groups in total. The number of fused-ring (bicyclic) bond motifs is 1. The molecular formula is C32H32N4O4S. The Morgan fingerprint density at radius 2 is 1.61 bits per heavy atom. The van der Waals surface area contributed by atoms with Gasteiger partial charge in [-0.25, -0.2) is 23.1 Å². The Kier molecular flexibility index (Phi) is 8.01. The van der Waals surface area contributed by atoms with E-state index in [1.807, 2.05) is 73.7 Å². The average molecular weight is 569 g/mol. The Bertz CT molecular complexity index is 1830. The second kappa shape index (κ2) is 11.6. The van der Waals surface area contributed by atoms with Gasteiger partial charge in [0.05, 0.1) is 11.4 Å². The van der Waals surface area contributed by atoms with Gasteiger partial charge in [0.25, 0.3) is 15.9 Å². The minimum absolute atomic E-state index is 0.0124. The molecule has 8 nitrogen and oxygen atoms in total. The molecule has 0 aliphatic carbocycles. The number of nitrogens with zero attached hydrogens (tertiary/aromatic N) is 3. The van der Waals surface area contributed by atoms with Crippen molar-refractivity contribution < 1.29 is 17.9 Å². The largest absolute Gasteiger partial charge is 0.375 e. The lowest BCUT2D eigenvalue weighted by atomic mass is 9.98. The molecule has 2 aromatic heterocycles. The number of aryl methyl sites for hydroxylation is 3. The van der Waals surface area contributed by atoms with Crippen molar-refractivity contribution in [3.63, 3.8) is 0 Å². The third kappa shape index (κ3) is 5.91. The van der Waals surface area contributed by atoms with Gasteiger partial charge in [-0.2, -0.15) is 0 Å². The van der Waals surface area contributed by atoms with E-state index in [9.17, 15) is 13.2 Å². The van der Waals surface area contributed by atoms with Gasteiger partial charge in [0.2, 0.25) is 0 Å². The molecule has 5 rings (SSSR count). The molecule has 41 heavy (non-hydrogen) atoms. The number of hydrogen-bond acceptors (Lipinski definition) is 6. The van der Waals surface area contributed by atoms with Gasteiger partial charge in [-0.3, -0.25) is 4.79 Å². The molecule has 0 saturated carbocycles. The third-order valence-corrected chi connectivity index (χ3v) is 8.35. The molecule has 1 amide bonds. The Labute approximate surface area is 240 Å². The highest BCUT2D eigenvalue weighted by Crippen LogP contribution is 2.33. The Balaban J connectivity index is 1.55. The van der Waals surface area contributed by atoms with Crippen molar-refractivity contribution >= 4 is 27.1 Å². The van der Waals surface area contributed by atoms with Gasteiger partial charge in [-0.15, -0.1) is 0 Å². The normalized spacial score (nSPS) is 11.6. The van der Waals surface area contributed by atoms with Crippen LogP contribution in [0.25, 0.3) is 33.4 Å². The van der Waals surface area contributed by atoms with E-state index in [-0.39, 0.29) is 11.5 Å². The maximum absolute atomic E-state index is 13.3. The number of hydrogen-bond donors (Lipinski definition) is 1. The first kappa shape index (κ1) is 28.2. The summed E-state index contributed by atoms with van der Waals surface area (Å²) in [6.45, 7) is 6.34. The molecule has 0 saturated heterocycles. The summed E-state index contributed by atoms with van der Waals surface area (Å²) >= 11 is 0. The summed E-state index contributed by atoms with van der Waals surface area (Å²) in [5.74, 6) is 0.223. The highest BCUT2D eigenvalue weighted by Gasteiger charge is 2.23. The SMILES string of the molecule is CCc1nc2c(C)cc(C)nc2n1Cc1ccc(-c2cc(-c3ccccc3)ccc2S(=O)(=O)NC(=O)COC)cc1. The number of sulfonamides is 1. The van der Waals surface area contributed by atoms with Gasteiger partial charge in [0.1, 0.15) is 17.9 Å². The summed E-state index contributed by atoms with van der Waals surface area (Å²) in [6, 6.07) is 24.7. The lowest BCUT2D eigenvalue weighted by Crippen LogP contribution is -2.33. The molecule has 0 aliphatic rings. The van der Waals surface area contributed by atoms with Crippen molar-refractivity contribution in [1.82, 2.24) is 19.3 Å². The first-order chi connectivity index (χ1) is 19.7. The zero-order chi connectivity index (χ0) is 29.1. The highest BCUT2D eigenvalue weighted by molar-refractivity contribution is 7.90. The van der Waals surface area contributed by atoms with Crippen LogP contribution in [-0.2, 0) is 32.5 Å². The van der Waals surface area contributed by atoms with Crippen LogP contribution in [0.5, 0.6) is 0 Å². The zero-order valence-electron chi connectivity index (χ0n) is 23.5. The second-order valence-corrected chi connectivity index (χ2v) is 11.6. The van der Waals surface area contributed by atoms with Gasteiger partial charge in [-0.1, -0.05) is 67.6 Å². The van der Waals surface area contributed by atoms with Crippen LogP contribution in [0.2, 0.25) is 0 Å². The second-order valence-electron chi connectivity index (χ2n) is 9.96. The smallest absolute Gasteiger partial charge is 0.264 e. The third-order valence-electron chi connectivity index (χ3n) is 6.92. The number of ether oxygens (including phenoxy) is 1. The number of methoxy groups -OCH3 is 1. The Morgan fingerprint density at radius 1 is 0.902 bits per heavy atom. The predicted octanol–water partition coefficient (Wildman–Crippen LogP) is 5.44. The molecular weight excluding hydrogens is 536 g/mol. The van der Waals surface area contributed by atoms with E-state index in [0.717, 1.165) is 51.4 Å².